The topological polar surface area (TPSA) is 53.6 Å². The Labute approximate surface area is 185 Å². The number of amides is 1. The number of hydrogen-bond acceptors (Lipinski definition) is 4. The molecule has 4 rings (SSSR count). The molecule has 2 heterocycles. The fourth-order valence-corrected chi connectivity index (χ4v) is 4.64. The van der Waals surface area contributed by atoms with Gasteiger partial charge in [0.25, 0.3) is 0 Å². The van der Waals surface area contributed by atoms with Gasteiger partial charge in [0.05, 0.1) is 30.4 Å². The fraction of sp³-hybridized carbons (Fsp3) is 0.458. The van der Waals surface area contributed by atoms with E-state index in [0.29, 0.717) is 17.8 Å². The Hall–Kier alpha value is -2.58. The molecule has 0 aliphatic carbocycles. The van der Waals surface area contributed by atoms with Crippen LogP contribution in [-0.4, -0.2) is 44.1 Å². The predicted octanol–water partition coefficient (Wildman–Crippen LogP) is 4.39. The Morgan fingerprint density at radius 2 is 1.91 bits per heavy atom. The van der Waals surface area contributed by atoms with Crippen molar-refractivity contribution in [2.75, 3.05) is 32.5 Å². The van der Waals surface area contributed by atoms with Crippen molar-refractivity contribution in [3.8, 4) is 0 Å². The molecular formula is C24H28F3N3O2. The molecule has 32 heavy (non-hydrogen) atoms. The Balaban J connectivity index is 1.60. The molecule has 2 aliphatic heterocycles. The van der Waals surface area contributed by atoms with Crippen molar-refractivity contribution in [1.82, 2.24) is 10.2 Å². The van der Waals surface area contributed by atoms with E-state index < -0.39 is 17.8 Å². The van der Waals surface area contributed by atoms with E-state index in [2.05, 4.69) is 10.6 Å². The van der Waals surface area contributed by atoms with Crippen LogP contribution in [0.1, 0.15) is 41.7 Å². The number of alkyl halides is 3. The Morgan fingerprint density at radius 3 is 2.59 bits per heavy atom. The average Bonchev–Trinajstić information content (AvgIpc) is 2.76. The first-order valence-electron chi connectivity index (χ1n) is 10.8. The lowest BCUT2D eigenvalue weighted by Gasteiger charge is -2.46. The molecule has 0 radical (unpaired) electrons. The quantitative estimate of drug-likeness (QED) is 0.714. The molecule has 4 atom stereocenters. The fourth-order valence-electron chi connectivity index (χ4n) is 4.64. The maximum Gasteiger partial charge on any atom is 0.416 e. The number of carbonyl (C=O) groups is 1. The number of ether oxygens (including phenoxy) is 1. The van der Waals surface area contributed by atoms with Crippen molar-refractivity contribution >= 4 is 11.6 Å². The molecule has 0 spiro atoms. The lowest BCUT2D eigenvalue weighted by Crippen LogP contribution is -2.44. The van der Waals surface area contributed by atoms with E-state index in [-0.39, 0.29) is 30.5 Å². The van der Waals surface area contributed by atoms with E-state index in [1.165, 1.54) is 12.1 Å². The highest BCUT2D eigenvalue weighted by atomic mass is 19.4. The number of nitrogens with zero attached hydrogens (tertiary/aromatic N) is 1. The van der Waals surface area contributed by atoms with Gasteiger partial charge >= 0.3 is 6.18 Å². The van der Waals surface area contributed by atoms with Crippen LogP contribution in [-0.2, 0) is 15.7 Å². The lowest BCUT2D eigenvalue weighted by molar-refractivity contribution is -0.138. The van der Waals surface area contributed by atoms with Crippen molar-refractivity contribution in [2.24, 2.45) is 5.92 Å². The summed E-state index contributed by atoms with van der Waals surface area (Å²) in [7, 11) is 3.63. The van der Waals surface area contributed by atoms with Gasteiger partial charge in [0.15, 0.2) is 0 Å². The summed E-state index contributed by atoms with van der Waals surface area (Å²) in [6.45, 7) is 0.615. The average molecular weight is 448 g/mol. The number of rotatable bonds is 5. The SMILES string of the molecule is CN(C)CC(=O)NC[C@H]1CC[C@@H]2[C@H](O1)c1cc(C(F)(F)F)ccc1N[C@H]2c1ccccc1. The van der Waals surface area contributed by atoms with Gasteiger partial charge in [-0.1, -0.05) is 30.3 Å². The van der Waals surface area contributed by atoms with E-state index in [4.69, 9.17) is 4.74 Å². The minimum atomic E-state index is -4.42. The van der Waals surface area contributed by atoms with E-state index in [1.807, 2.05) is 44.4 Å². The summed E-state index contributed by atoms with van der Waals surface area (Å²) in [4.78, 5) is 13.8. The molecule has 2 aromatic rings. The third kappa shape index (κ3) is 4.91. The second kappa shape index (κ2) is 9.11. The number of likely N-dealkylation sites (N-methyl/N-ethyl adjacent to an activating group) is 1. The summed E-state index contributed by atoms with van der Waals surface area (Å²) in [5.41, 5.74) is 1.58. The van der Waals surface area contributed by atoms with Gasteiger partial charge in [-0.15, -0.1) is 0 Å². The molecule has 5 nitrogen and oxygen atoms in total. The first-order valence-corrected chi connectivity index (χ1v) is 10.8. The van der Waals surface area contributed by atoms with Crippen LogP contribution in [0.25, 0.3) is 0 Å². The van der Waals surface area contributed by atoms with Crippen LogP contribution in [0.4, 0.5) is 18.9 Å². The zero-order valence-electron chi connectivity index (χ0n) is 18.2. The number of hydrogen-bond donors (Lipinski definition) is 2. The van der Waals surface area contributed by atoms with E-state index in [1.54, 1.807) is 4.90 Å². The second-order valence-electron chi connectivity index (χ2n) is 8.79. The molecule has 172 valence electrons. The lowest BCUT2D eigenvalue weighted by atomic mass is 9.76. The molecule has 1 fully saturated rings. The van der Waals surface area contributed by atoms with Gasteiger partial charge in [-0.25, -0.2) is 0 Å². The van der Waals surface area contributed by atoms with Crippen molar-refractivity contribution in [2.45, 2.75) is 37.3 Å². The number of benzene rings is 2. The minimum absolute atomic E-state index is 0.0119. The number of halogens is 3. The summed E-state index contributed by atoms with van der Waals surface area (Å²) in [5, 5.41) is 6.34. The van der Waals surface area contributed by atoms with Crippen LogP contribution in [0.2, 0.25) is 0 Å². The monoisotopic (exact) mass is 447 g/mol. The maximum absolute atomic E-state index is 13.4. The predicted molar refractivity (Wildman–Crippen MR) is 116 cm³/mol. The summed E-state index contributed by atoms with van der Waals surface area (Å²) < 4.78 is 46.6. The molecular weight excluding hydrogens is 419 g/mol. The highest BCUT2D eigenvalue weighted by Gasteiger charge is 2.43. The van der Waals surface area contributed by atoms with E-state index in [0.717, 1.165) is 24.5 Å². The zero-order chi connectivity index (χ0) is 22.9. The molecule has 1 saturated heterocycles. The van der Waals surface area contributed by atoms with E-state index in [9.17, 15) is 18.0 Å². The highest BCUT2D eigenvalue weighted by molar-refractivity contribution is 5.77. The second-order valence-corrected chi connectivity index (χ2v) is 8.79. The molecule has 2 aromatic carbocycles. The van der Waals surface area contributed by atoms with Crippen molar-refractivity contribution < 1.29 is 22.7 Å². The summed E-state index contributed by atoms with van der Waals surface area (Å²) in [5.74, 6) is -0.116. The van der Waals surface area contributed by atoms with Crippen molar-refractivity contribution in [3.05, 3.63) is 65.2 Å². The Kier molecular flexibility index (Phi) is 6.44. The van der Waals surface area contributed by atoms with Gasteiger partial charge in [-0.2, -0.15) is 13.2 Å². The largest absolute Gasteiger partial charge is 0.416 e. The van der Waals surface area contributed by atoms with Crippen LogP contribution in [0.3, 0.4) is 0 Å². The van der Waals surface area contributed by atoms with Gasteiger partial charge in [-0.05, 0) is 50.7 Å². The molecule has 2 aliphatic rings. The van der Waals surface area contributed by atoms with Crippen LogP contribution in [0.15, 0.2) is 48.5 Å². The molecule has 0 bridgehead atoms. The third-order valence-corrected chi connectivity index (χ3v) is 6.12. The van der Waals surface area contributed by atoms with Gasteiger partial charge in [0.2, 0.25) is 5.91 Å². The minimum Gasteiger partial charge on any atom is -0.378 e. The van der Waals surface area contributed by atoms with E-state index >= 15 is 0 Å². The molecule has 0 saturated carbocycles. The standard InChI is InChI=1S/C24H28F3N3O2/c1-30(2)14-21(31)28-13-17-9-10-18-22(15-6-4-3-5-7-15)29-20-11-8-16(24(25,26)27)12-19(20)23(18)32-17/h3-8,11-12,17-18,22-23,29H,9-10,13-14H2,1-2H3,(H,28,31)/t17-,18+,22+,23+/m1/s1. The van der Waals surface area contributed by atoms with Crippen molar-refractivity contribution in [1.29, 1.82) is 0 Å². The van der Waals surface area contributed by atoms with Crippen LogP contribution in [0.5, 0.6) is 0 Å². The molecule has 0 aromatic heterocycles. The molecule has 2 N–H and O–H groups in total. The number of anilines is 1. The highest BCUT2D eigenvalue weighted by Crippen LogP contribution is 2.51. The number of carbonyl (C=O) groups excluding carboxylic acids is 1. The van der Waals surface area contributed by atoms with Crippen molar-refractivity contribution in [3.63, 3.8) is 0 Å². The Bertz CT molecular complexity index is 949. The normalized spacial score (nSPS) is 24.9. The first-order chi connectivity index (χ1) is 15.2. The first kappa shape index (κ1) is 22.6. The molecule has 1 amide bonds. The van der Waals surface area contributed by atoms with Crippen LogP contribution < -0.4 is 10.6 Å². The van der Waals surface area contributed by atoms with Crippen LogP contribution in [0, 0.1) is 5.92 Å². The summed E-state index contributed by atoms with van der Waals surface area (Å²) in [6.07, 6.45) is -3.65. The smallest absolute Gasteiger partial charge is 0.378 e. The number of nitrogens with one attached hydrogen (secondary N) is 2. The van der Waals surface area contributed by atoms with Gasteiger partial charge in [0, 0.05) is 23.7 Å². The Morgan fingerprint density at radius 1 is 1.16 bits per heavy atom. The van der Waals surface area contributed by atoms with Crippen LogP contribution >= 0.6 is 0 Å². The maximum atomic E-state index is 13.4. The number of fused-ring (bicyclic) bond motifs is 3. The van der Waals surface area contributed by atoms with Gasteiger partial charge in [-0.3, -0.25) is 4.79 Å². The van der Waals surface area contributed by atoms with Gasteiger partial charge in [0.1, 0.15) is 0 Å². The summed E-state index contributed by atoms with van der Waals surface area (Å²) >= 11 is 0. The summed E-state index contributed by atoms with van der Waals surface area (Å²) in [6, 6.07) is 13.7. The van der Waals surface area contributed by atoms with Gasteiger partial charge < -0.3 is 20.3 Å². The zero-order valence-corrected chi connectivity index (χ0v) is 18.2. The molecule has 8 heteroatoms. The third-order valence-electron chi connectivity index (χ3n) is 6.12. The molecule has 0 unspecified atom stereocenters.